The third-order valence-corrected chi connectivity index (χ3v) is 8.11. The summed E-state index contributed by atoms with van der Waals surface area (Å²) in [5, 5.41) is 0. The molecule has 0 bridgehead atoms. The first-order valence-electron chi connectivity index (χ1n) is 14.7. The summed E-state index contributed by atoms with van der Waals surface area (Å²) >= 11 is 1.33. The topological polar surface area (TPSA) is 114 Å². The number of benzene rings is 4. The van der Waals surface area contributed by atoms with Crippen LogP contribution in [-0.2, 0) is 23.7 Å². The van der Waals surface area contributed by atoms with Gasteiger partial charge in [-0.3, -0.25) is 0 Å². The number of thioether (sulfide) groups is 1. The monoisotopic (exact) mass is 640 g/mol. The zero-order valence-corrected chi connectivity index (χ0v) is 25.7. The molecule has 4 aromatic carbocycles. The molecule has 0 unspecified atom stereocenters. The van der Waals surface area contributed by atoms with Crippen LogP contribution in [0.15, 0.2) is 121 Å². The van der Waals surface area contributed by atoms with Gasteiger partial charge in [-0.05, 0) is 54.3 Å². The quantitative estimate of drug-likeness (QED) is 0.135. The number of esters is 4. The lowest BCUT2D eigenvalue weighted by Gasteiger charge is -2.28. The fourth-order valence-electron chi connectivity index (χ4n) is 4.83. The van der Waals surface area contributed by atoms with Crippen LogP contribution in [0.3, 0.4) is 0 Å². The van der Waals surface area contributed by atoms with Crippen molar-refractivity contribution in [1.29, 1.82) is 0 Å². The molecule has 1 aliphatic rings. The average Bonchev–Trinajstić information content (AvgIpc) is 3.43. The van der Waals surface area contributed by atoms with Gasteiger partial charge in [0.15, 0.2) is 18.3 Å². The molecule has 9 nitrogen and oxygen atoms in total. The Bertz CT molecular complexity index is 1600. The molecule has 1 aliphatic heterocycles. The molecule has 10 heteroatoms. The summed E-state index contributed by atoms with van der Waals surface area (Å²) in [5.74, 6) is -2.14. The van der Waals surface area contributed by atoms with E-state index in [2.05, 4.69) is 0 Å². The van der Waals surface area contributed by atoms with E-state index in [0.717, 1.165) is 0 Å². The molecular weight excluding hydrogens is 608 g/mol. The Morgan fingerprint density at radius 1 is 0.609 bits per heavy atom. The van der Waals surface area contributed by atoms with E-state index in [-0.39, 0.29) is 11.1 Å². The van der Waals surface area contributed by atoms with E-state index in [4.69, 9.17) is 23.7 Å². The van der Waals surface area contributed by atoms with Crippen LogP contribution in [0, 0.1) is 0 Å². The van der Waals surface area contributed by atoms with Gasteiger partial charge in [-0.25, -0.2) is 19.2 Å². The van der Waals surface area contributed by atoms with Gasteiger partial charge in [0, 0.05) is 0 Å². The van der Waals surface area contributed by atoms with Gasteiger partial charge in [-0.1, -0.05) is 79.7 Å². The molecule has 0 saturated carbocycles. The normalized spacial score (nSPS) is 19.4. The summed E-state index contributed by atoms with van der Waals surface area (Å²) in [6.45, 7) is 1.47. The Kier molecular flexibility index (Phi) is 11.2. The molecule has 236 valence electrons. The van der Waals surface area contributed by atoms with E-state index in [1.165, 1.54) is 11.8 Å². The second kappa shape index (κ2) is 15.9. The van der Waals surface area contributed by atoms with Gasteiger partial charge in [-0.15, -0.1) is 11.8 Å². The van der Waals surface area contributed by atoms with Gasteiger partial charge in [0.05, 0.1) is 22.3 Å². The highest BCUT2D eigenvalue weighted by Crippen LogP contribution is 2.37. The Balaban J connectivity index is 1.49. The average molecular weight is 641 g/mol. The minimum Gasteiger partial charge on any atom is -0.458 e. The van der Waals surface area contributed by atoms with Crippen molar-refractivity contribution >= 4 is 35.6 Å². The molecule has 1 heterocycles. The lowest BCUT2D eigenvalue weighted by Crippen LogP contribution is -2.47. The van der Waals surface area contributed by atoms with Gasteiger partial charge in [0.1, 0.15) is 18.1 Å². The van der Waals surface area contributed by atoms with Crippen LogP contribution in [0.4, 0.5) is 0 Å². The van der Waals surface area contributed by atoms with Crippen LogP contribution >= 0.6 is 11.8 Å². The molecule has 5 rings (SSSR count). The summed E-state index contributed by atoms with van der Waals surface area (Å²) in [7, 11) is 0. The maximum atomic E-state index is 13.4. The Morgan fingerprint density at radius 2 is 1.02 bits per heavy atom. The summed E-state index contributed by atoms with van der Waals surface area (Å²) in [6, 6.07) is 33.3. The van der Waals surface area contributed by atoms with Gasteiger partial charge >= 0.3 is 23.9 Å². The third-order valence-electron chi connectivity index (χ3n) is 7.07. The van der Waals surface area contributed by atoms with E-state index in [0.29, 0.717) is 16.9 Å². The highest BCUT2D eigenvalue weighted by molar-refractivity contribution is 7.99. The number of hydrogen-bond donors (Lipinski definition) is 0. The van der Waals surface area contributed by atoms with E-state index >= 15 is 0 Å². The number of rotatable bonds is 12. The summed E-state index contributed by atoms with van der Waals surface area (Å²) in [6.07, 6.45) is -4.78. The van der Waals surface area contributed by atoms with E-state index in [9.17, 15) is 19.2 Å². The summed E-state index contributed by atoms with van der Waals surface area (Å²) in [4.78, 5) is 52.9. The number of carbonyl (C=O) groups excluding carboxylic acids is 4. The van der Waals surface area contributed by atoms with Crippen molar-refractivity contribution in [2.45, 2.75) is 36.8 Å². The zero-order chi connectivity index (χ0) is 32.3. The second-order valence-corrected chi connectivity index (χ2v) is 11.5. The number of hydrogen-bond acceptors (Lipinski definition) is 10. The molecule has 5 atom stereocenters. The fraction of sp³-hybridized carbons (Fsp3) is 0.222. The van der Waals surface area contributed by atoms with E-state index in [1.54, 1.807) is 121 Å². The number of carbonyl (C=O) groups is 4. The molecule has 46 heavy (non-hydrogen) atoms. The molecule has 0 N–H and O–H groups in total. The predicted molar refractivity (Wildman–Crippen MR) is 170 cm³/mol. The van der Waals surface area contributed by atoms with Crippen LogP contribution in [0.5, 0.6) is 0 Å². The van der Waals surface area contributed by atoms with Gasteiger partial charge < -0.3 is 23.7 Å². The highest BCUT2D eigenvalue weighted by atomic mass is 32.2. The minimum absolute atomic E-state index is 0.254. The third kappa shape index (κ3) is 8.21. The fourth-order valence-corrected chi connectivity index (χ4v) is 5.76. The van der Waals surface area contributed by atoms with Crippen molar-refractivity contribution in [3.63, 3.8) is 0 Å². The van der Waals surface area contributed by atoms with Crippen LogP contribution in [0.2, 0.25) is 0 Å². The van der Waals surface area contributed by atoms with Crippen molar-refractivity contribution in [2.24, 2.45) is 0 Å². The Morgan fingerprint density at radius 3 is 1.48 bits per heavy atom. The van der Waals surface area contributed by atoms with Gasteiger partial charge in [0.25, 0.3) is 0 Å². The molecule has 0 radical (unpaired) electrons. The molecular formula is C36H32O9S. The van der Waals surface area contributed by atoms with Crippen molar-refractivity contribution in [3.8, 4) is 0 Å². The lowest BCUT2D eigenvalue weighted by atomic mass is 10.1. The molecule has 1 saturated heterocycles. The molecule has 0 aliphatic carbocycles. The van der Waals surface area contributed by atoms with Crippen LogP contribution < -0.4 is 0 Å². The maximum Gasteiger partial charge on any atom is 0.338 e. The van der Waals surface area contributed by atoms with Crippen LogP contribution in [0.25, 0.3) is 0 Å². The van der Waals surface area contributed by atoms with Crippen molar-refractivity contribution in [1.82, 2.24) is 0 Å². The Hall–Kier alpha value is -4.93. The van der Waals surface area contributed by atoms with Crippen molar-refractivity contribution in [2.75, 3.05) is 12.4 Å². The molecule has 0 aromatic heterocycles. The Labute approximate surface area is 270 Å². The maximum absolute atomic E-state index is 13.4. The predicted octanol–water partition coefficient (Wildman–Crippen LogP) is 6.00. The largest absolute Gasteiger partial charge is 0.458 e. The molecule has 1 fully saturated rings. The van der Waals surface area contributed by atoms with E-state index < -0.39 is 60.3 Å². The van der Waals surface area contributed by atoms with Crippen LogP contribution in [-0.4, -0.2) is 66.1 Å². The number of ether oxygens (including phenoxy) is 5. The van der Waals surface area contributed by atoms with Gasteiger partial charge in [-0.2, -0.15) is 0 Å². The molecule has 0 amide bonds. The lowest BCUT2D eigenvalue weighted by molar-refractivity contribution is -0.0899. The smallest absolute Gasteiger partial charge is 0.338 e. The second-order valence-electron chi connectivity index (χ2n) is 10.2. The zero-order valence-electron chi connectivity index (χ0n) is 24.9. The SMILES string of the molecule is CCS[C@H]1O[C@@H]([C@@H](COC(=O)c2ccccc2)OC(=O)c2ccccc2)[C@H](OC(=O)c2ccccc2)[C@H]1OC(=O)c1ccccc1. The highest BCUT2D eigenvalue weighted by Gasteiger charge is 2.54. The first-order chi connectivity index (χ1) is 22.4. The minimum atomic E-state index is -1.26. The summed E-state index contributed by atoms with van der Waals surface area (Å²) in [5.41, 5.74) is 0.296. The van der Waals surface area contributed by atoms with E-state index in [1.807, 2.05) is 6.92 Å². The molecule has 4 aromatic rings. The van der Waals surface area contributed by atoms with Crippen molar-refractivity contribution in [3.05, 3.63) is 144 Å². The molecule has 0 spiro atoms. The first kappa shape index (κ1) is 32.5. The first-order valence-corrected chi connectivity index (χ1v) is 15.8. The van der Waals surface area contributed by atoms with Crippen molar-refractivity contribution < 1.29 is 42.9 Å². The standard InChI is InChI=1S/C36H32O9S/c1-2-46-36-31(44-35(40)27-21-13-6-14-22-27)30(43-34(39)26-19-11-5-12-20-26)29(45-36)28(42-33(38)25-17-9-4-10-18-25)23-41-32(37)24-15-7-3-8-16-24/h3-22,28-31,36H,2,23H2,1H3/t28-,29+,30+,31-,36-/m1/s1. The van der Waals surface area contributed by atoms with Gasteiger partial charge in [0.2, 0.25) is 0 Å². The summed E-state index contributed by atoms with van der Waals surface area (Å²) < 4.78 is 29.9. The van der Waals surface area contributed by atoms with Crippen LogP contribution in [0.1, 0.15) is 48.4 Å².